The molecular formula is C14H22N2O2Si. The van der Waals surface area contributed by atoms with Crippen molar-refractivity contribution < 1.29 is 9.84 Å². The lowest BCUT2D eigenvalue weighted by Gasteiger charge is -2.16. The third-order valence-corrected chi connectivity index (χ3v) is 4.87. The van der Waals surface area contributed by atoms with Crippen LogP contribution in [0.4, 0.5) is 0 Å². The Morgan fingerprint density at radius 1 is 1.32 bits per heavy atom. The van der Waals surface area contributed by atoms with Gasteiger partial charge in [0.2, 0.25) is 0 Å². The van der Waals surface area contributed by atoms with Gasteiger partial charge < -0.3 is 14.4 Å². The fourth-order valence-corrected chi connectivity index (χ4v) is 2.71. The van der Waals surface area contributed by atoms with Gasteiger partial charge in [-0.25, -0.2) is 0 Å². The van der Waals surface area contributed by atoms with Crippen LogP contribution in [0.5, 0.6) is 5.75 Å². The van der Waals surface area contributed by atoms with E-state index >= 15 is 0 Å². The van der Waals surface area contributed by atoms with E-state index in [1.54, 1.807) is 6.07 Å². The van der Waals surface area contributed by atoms with Gasteiger partial charge in [-0.3, -0.25) is 4.98 Å². The summed E-state index contributed by atoms with van der Waals surface area (Å²) in [5.41, 5.74) is 2.91. The summed E-state index contributed by atoms with van der Waals surface area (Å²) >= 11 is 0. The Morgan fingerprint density at radius 2 is 2.05 bits per heavy atom. The van der Waals surface area contributed by atoms with Crippen LogP contribution in [0.1, 0.15) is 5.69 Å². The smallest absolute Gasteiger partial charge is 0.135 e. The quantitative estimate of drug-likeness (QED) is 0.674. The lowest BCUT2D eigenvalue weighted by Crippen LogP contribution is -2.22. The Balaban J connectivity index is 2.08. The van der Waals surface area contributed by atoms with Crippen LogP contribution in [-0.2, 0) is 11.5 Å². The highest BCUT2D eigenvalue weighted by atomic mass is 28.3. The van der Waals surface area contributed by atoms with Crippen LogP contribution < -0.4 is 0 Å². The maximum Gasteiger partial charge on any atom is 0.135 e. The molecule has 0 atom stereocenters. The number of hydrogen-bond acceptors (Lipinski definition) is 3. The molecule has 0 radical (unpaired) electrons. The van der Waals surface area contributed by atoms with Gasteiger partial charge in [0.15, 0.2) is 0 Å². The van der Waals surface area contributed by atoms with Crippen molar-refractivity contribution in [1.82, 2.24) is 9.55 Å². The van der Waals surface area contributed by atoms with Crippen LogP contribution >= 0.6 is 0 Å². The first kappa shape index (κ1) is 14.1. The van der Waals surface area contributed by atoms with Gasteiger partial charge >= 0.3 is 0 Å². The second-order valence-electron chi connectivity index (χ2n) is 6.16. The van der Waals surface area contributed by atoms with E-state index in [0.29, 0.717) is 6.73 Å². The average Bonchev–Trinajstić information content (AvgIpc) is 2.59. The first-order valence-electron chi connectivity index (χ1n) is 6.59. The van der Waals surface area contributed by atoms with Crippen molar-refractivity contribution in [2.45, 2.75) is 39.3 Å². The van der Waals surface area contributed by atoms with Crippen LogP contribution in [0.2, 0.25) is 25.7 Å². The van der Waals surface area contributed by atoms with Crippen LogP contribution in [0.25, 0.3) is 11.0 Å². The first-order chi connectivity index (χ1) is 8.87. The number of aromatic nitrogens is 2. The molecule has 0 saturated carbocycles. The second kappa shape index (κ2) is 5.34. The third-order valence-electron chi connectivity index (χ3n) is 3.16. The van der Waals surface area contributed by atoms with Crippen LogP contribution in [0, 0.1) is 6.92 Å². The maximum atomic E-state index is 9.53. The SMILES string of the molecule is Cc1cc2ncc(O)cc2n1COCC[Si](C)(C)C. The number of nitrogens with zero attached hydrogens (tertiary/aromatic N) is 2. The predicted molar refractivity (Wildman–Crippen MR) is 80.2 cm³/mol. The molecule has 0 saturated heterocycles. The topological polar surface area (TPSA) is 47.3 Å². The third kappa shape index (κ3) is 3.58. The summed E-state index contributed by atoms with van der Waals surface area (Å²) < 4.78 is 7.82. The van der Waals surface area contributed by atoms with E-state index in [0.717, 1.165) is 29.4 Å². The minimum absolute atomic E-state index is 0.189. The van der Waals surface area contributed by atoms with E-state index in [9.17, 15) is 5.11 Å². The average molecular weight is 278 g/mol. The predicted octanol–water partition coefficient (Wildman–Crippen LogP) is 3.36. The van der Waals surface area contributed by atoms with Crippen molar-refractivity contribution in [2.75, 3.05) is 6.61 Å². The van der Waals surface area contributed by atoms with E-state index in [2.05, 4.69) is 24.6 Å². The molecule has 2 aromatic rings. The number of aromatic hydroxyl groups is 1. The molecule has 0 fully saturated rings. The summed E-state index contributed by atoms with van der Waals surface area (Å²) in [7, 11) is -1.04. The van der Waals surface area contributed by atoms with E-state index < -0.39 is 8.07 Å². The van der Waals surface area contributed by atoms with Crippen molar-refractivity contribution in [2.24, 2.45) is 0 Å². The lowest BCUT2D eigenvalue weighted by atomic mass is 10.3. The number of hydrogen-bond donors (Lipinski definition) is 1. The van der Waals surface area contributed by atoms with Crippen LogP contribution in [-0.4, -0.2) is 29.3 Å². The molecule has 5 heteroatoms. The van der Waals surface area contributed by atoms with Crippen LogP contribution in [0.3, 0.4) is 0 Å². The molecule has 1 N–H and O–H groups in total. The normalized spacial score (nSPS) is 12.2. The largest absolute Gasteiger partial charge is 0.506 e. The van der Waals surface area contributed by atoms with Crippen molar-refractivity contribution >= 4 is 19.1 Å². The number of fused-ring (bicyclic) bond motifs is 1. The van der Waals surface area contributed by atoms with Gasteiger partial charge in [0, 0.05) is 26.4 Å². The van der Waals surface area contributed by atoms with E-state index in [1.807, 2.05) is 17.6 Å². The molecule has 0 aliphatic heterocycles. The molecule has 0 aromatic carbocycles. The summed E-state index contributed by atoms with van der Waals surface area (Å²) in [6, 6.07) is 4.91. The molecule has 4 nitrogen and oxygen atoms in total. The Bertz CT molecular complexity index is 573. The monoisotopic (exact) mass is 278 g/mol. The second-order valence-corrected chi connectivity index (χ2v) is 11.8. The summed E-state index contributed by atoms with van der Waals surface area (Å²) in [5.74, 6) is 0.189. The minimum atomic E-state index is -1.04. The summed E-state index contributed by atoms with van der Waals surface area (Å²) in [4.78, 5) is 4.21. The first-order valence-corrected chi connectivity index (χ1v) is 10.3. The van der Waals surface area contributed by atoms with Crippen molar-refractivity contribution in [3.05, 3.63) is 24.0 Å². The molecule has 0 unspecified atom stereocenters. The fraction of sp³-hybridized carbons (Fsp3) is 0.500. The molecular weight excluding hydrogens is 256 g/mol. The highest BCUT2D eigenvalue weighted by Gasteiger charge is 2.13. The molecule has 0 amide bonds. The highest BCUT2D eigenvalue weighted by Crippen LogP contribution is 2.21. The Labute approximate surface area is 115 Å². The number of ether oxygens (including phenoxy) is 1. The Hall–Kier alpha value is -1.33. The van der Waals surface area contributed by atoms with Gasteiger partial charge in [-0.05, 0) is 19.0 Å². The minimum Gasteiger partial charge on any atom is -0.506 e. The number of aryl methyl sites for hydroxylation is 1. The van der Waals surface area contributed by atoms with Gasteiger partial charge in [-0.2, -0.15) is 0 Å². The standard InChI is InChI=1S/C14H22N2O2Si/c1-11-7-13-14(8-12(17)9-15-13)16(11)10-18-5-6-19(2,3)4/h7-9,17H,5-6,10H2,1-4H3. The molecule has 0 aliphatic carbocycles. The molecule has 0 spiro atoms. The van der Waals surface area contributed by atoms with Gasteiger partial charge in [0.1, 0.15) is 12.5 Å². The zero-order chi connectivity index (χ0) is 14.0. The maximum absolute atomic E-state index is 9.53. The zero-order valence-electron chi connectivity index (χ0n) is 12.1. The van der Waals surface area contributed by atoms with Gasteiger partial charge in [0.05, 0.1) is 17.2 Å². The molecule has 2 aromatic heterocycles. The van der Waals surface area contributed by atoms with E-state index in [4.69, 9.17) is 4.74 Å². The van der Waals surface area contributed by atoms with Crippen molar-refractivity contribution in [3.8, 4) is 5.75 Å². The molecule has 2 heterocycles. The van der Waals surface area contributed by atoms with Crippen LogP contribution in [0.15, 0.2) is 18.3 Å². The van der Waals surface area contributed by atoms with Gasteiger partial charge in [0.25, 0.3) is 0 Å². The molecule has 104 valence electrons. The van der Waals surface area contributed by atoms with Crippen molar-refractivity contribution in [1.29, 1.82) is 0 Å². The van der Waals surface area contributed by atoms with Gasteiger partial charge in [-0.15, -0.1) is 0 Å². The van der Waals surface area contributed by atoms with E-state index in [-0.39, 0.29) is 5.75 Å². The highest BCUT2D eigenvalue weighted by molar-refractivity contribution is 6.76. The van der Waals surface area contributed by atoms with E-state index in [1.165, 1.54) is 6.20 Å². The van der Waals surface area contributed by atoms with Gasteiger partial charge in [-0.1, -0.05) is 19.6 Å². The molecule has 0 aliphatic rings. The zero-order valence-corrected chi connectivity index (χ0v) is 13.1. The molecule has 2 rings (SSSR count). The summed E-state index contributed by atoms with van der Waals surface area (Å²) in [6.07, 6.45) is 1.47. The fourth-order valence-electron chi connectivity index (χ4n) is 1.95. The summed E-state index contributed by atoms with van der Waals surface area (Å²) in [6.45, 7) is 10.4. The number of pyridine rings is 1. The van der Waals surface area contributed by atoms with Crippen molar-refractivity contribution in [3.63, 3.8) is 0 Å². The summed E-state index contributed by atoms with van der Waals surface area (Å²) in [5, 5.41) is 9.53. The molecule has 0 bridgehead atoms. The Kier molecular flexibility index (Phi) is 3.96. The lowest BCUT2D eigenvalue weighted by molar-refractivity contribution is 0.0890. The number of rotatable bonds is 5. The molecule has 19 heavy (non-hydrogen) atoms. The Morgan fingerprint density at radius 3 is 2.74 bits per heavy atom.